The molecule has 0 unspecified atom stereocenters. The fraction of sp³-hybridized carbons (Fsp3) is 0.417. The summed E-state index contributed by atoms with van der Waals surface area (Å²) in [4.78, 5) is 0. The largest absolute Gasteiger partial charge is 0.495 e. The van der Waals surface area contributed by atoms with Crippen LogP contribution in [0.25, 0.3) is 0 Å². The standard InChI is InChI=1S/C12H16N2OS/c1-15-12-4-3-10(7-11(12)8-13)9-14-5-6-16-2/h3-4,7,14H,5-6,9H2,1-2H3. The molecule has 0 atom stereocenters. The van der Waals surface area contributed by atoms with Crippen LogP contribution < -0.4 is 10.1 Å². The maximum absolute atomic E-state index is 8.93. The third-order valence-corrected chi connectivity index (χ3v) is 2.81. The molecule has 1 N–H and O–H groups in total. The summed E-state index contributed by atoms with van der Waals surface area (Å²) in [6, 6.07) is 7.81. The number of nitrogens with zero attached hydrogens (tertiary/aromatic N) is 1. The van der Waals surface area contributed by atoms with Gasteiger partial charge in [-0.1, -0.05) is 6.07 Å². The number of hydrogen-bond donors (Lipinski definition) is 1. The summed E-state index contributed by atoms with van der Waals surface area (Å²) < 4.78 is 5.09. The van der Waals surface area contributed by atoms with Crippen molar-refractivity contribution in [1.29, 1.82) is 5.26 Å². The van der Waals surface area contributed by atoms with E-state index in [0.29, 0.717) is 11.3 Å². The van der Waals surface area contributed by atoms with E-state index in [1.807, 2.05) is 30.0 Å². The number of ether oxygens (including phenoxy) is 1. The zero-order valence-electron chi connectivity index (χ0n) is 9.62. The van der Waals surface area contributed by atoms with Crippen molar-refractivity contribution in [3.05, 3.63) is 29.3 Å². The zero-order valence-corrected chi connectivity index (χ0v) is 10.4. The smallest absolute Gasteiger partial charge is 0.136 e. The fourth-order valence-electron chi connectivity index (χ4n) is 1.36. The number of nitrogens with one attached hydrogen (secondary N) is 1. The number of hydrogen-bond acceptors (Lipinski definition) is 4. The Hall–Kier alpha value is -1.18. The van der Waals surface area contributed by atoms with Crippen LogP contribution in [0.15, 0.2) is 18.2 Å². The van der Waals surface area contributed by atoms with Gasteiger partial charge >= 0.3 is 0 Å². The first-order valence-electron chi connectivity index (χ1n) is 5.08. The van der Waals surface area contributed by atoms with Crippen LogP contribution in [0.5, 0.6) is 5.75 Å². The maximum atomic E-state index is 8.93. The average Bonchev–Trinajstić information content (AvgIpc) is 2.34. The molecule has 0 aliphatic carbocycles. The van der Waals surface area contributed by atoms with E-state index in [-0.39, 0.29) is 0 Å². The van der Waals surface area contributed by atoms with Gasteiger partial charge in [0.1, 0.15) is 11.8 Å². The minimum Gasteiger partial charge on any atom is -0.495 e. The second-order valence-electron chi connectivity index (χ2n) is 3.32. The van der Waals surface area contributed by atoms with E-state index >= 15 is 0 Å². The van der Waals surface area contributed by atoms with Crippen LogP contribution in [0.4, 0.5) is 0 Å². The molecular weight excluding hydrogens is 220 g/mol. The molecule has 16 heavy (non-hydrogen) atoms. The van der Waals surface area contributed by atoms with Gasteiger partial charge in [-0.05, 0) is 24.0 Å². The lowest BCUT2D eigenvalue weighted by Crippen LogP contribution is -2.16. The van der Waals surface area contributed by atoms with E-state index in [1.54, 1.807) is 7.11 Å². The molecule has 1 aromatic rings. The van der Waals surface area contributed by atoms with Gasteiger partial charge in [0, 0.05) is 18.8 Å². The van der Waals surface area contributed by atoms with Crippen molar-refractivity contribution in [2.24, 2.45) is 0 Å². The van der Waals surface area contributed by atoms with Crippen molar-refractivity contribution < 1.29 is 4.74 Å². The highest BCUT2D eigenvalue weighted by Crippen LogP contribution is 2.18. The summed E-state index contributed by atoms with van der Waals surface area (Å²) in [6.45, 7) is 1.77. The first kappa shape index (κ1) is 12.9. The summed E-state index contributed by atoms with van der Waals surface area (Å²) in [5, 5.41) is 12.3. The van der Waals surface area contributed by atoms with Gasteiger partial charge in [-0.25, -0.2) is 0 Å². The van der Waals surface area contributed by atoms with Crippen LogP contribution in [0, 0.1) is 11.3 Å². The Bertz CT molecular complexity index is 374. The van der Waals surface area contributed by atoms with Crippen LogP contribution in [0.2, 0.25) is 0 Å². The van der Waals surface area contributed by atoms with Gasteiger partial charge in [-0.15, -0.1) is 0 Å². The Morgan fingerprint density at radius 3 is 2.94 bits per heavy atom. The molecule has 86 valence electrons. The lowest BCUT2D eigenvalue weighted by molar-refractivity contribution is 0.413. The lowest BCUT2D eigenvalue weighted by Gasteiger charge is -2.07. The molecule has 0 radical (unpaired) electrons. The first-order valence-corrected chi connectivity index (χ1v) is 6.48. The molecule has 0 aliphatic rings. The van der Waals surface area contributed by atoms with E-state index in [9.17, 15) is 0 Å². The predicted octanol–water partition coefficient (Wildman–Crippen LogP) is 2.02. The molecule has 0 saturated carbocycles. The molecule has 0 bridgehead atoms. The summed E-state index contributed by atoms with van der Waals surface area (Å²) in [7, 11) is 1.58. The molecule has 0 fully saturated rings. The normalized spacial score (nSPS) is 9.81. The van der Waals surface area contributed by atoms with Crippen molar-refractivity contribution >= 4 is 11.8 Å². The molecule has 3 nitrogen and oxygen atoms in total. The second kappa shape index (κ2) is 7.15. The lowest BCUT2D eigenvalue weighted by atomic mass is 10.1. The van der Waals surface area contributed by atoms with Gasteiger partial charge in [0.25, 0.3) is 0 Å². The highest BCUT2D eigenvalue weighted by Gasteiger charge is 2.02. The van der Waals surface area contributed by atoms with E-state index in [0.717, 1.165) is 24.4 Å². The van der Waals surface area contributed by atoms with Gasteiger partial charge in [-0.2, -0.15) is 17.0 Å². The van der Waals surface area contributed by atoms with E-state index in [4.69, 9.17) is 10.00 Å². The molecular formula is C12H16N2OS. The number of thioether (sulfide) groups is 1. The summed E-state index contributed by atoms with van der Waals surface area (Å²) in [5.74, 6) is 1.73. The Morgan fingerprint density at radius 1 is 1.50 bits per heavy atom. The third kappa shape index (κ3) is 3.76. The Labute approximate surface area is 101 Å². The molecule has 1 rings (SSSR count). The van der Waals surface area contributed by atoms with E-state index < -0.39 is 0 Å². The highest BCUT2D eigenvalue weighted by molar-refractivity contribution is 7.98. The number of nitriles is 1. The second-order valence-corrected chi connectivity index (χ2v) is 4.30. The number of methoxy groups -OCH3 is 1. The van der Waals surface area contributed by atoms with Gasteiger partial charge in [0.15, 0.2) is 0 Å². The van der Waals surface area contributed by atoms with Crippen molar-refractivity contribution in [3.8, 4) is 11.8 Å². The average molecular weight is 236 g/mol. The molecule has 0 amide bonds. The molecule has 0 aliphatic heterocycles. The van der Waals surface area contributed by atoms with Gasteiger partial charge < -0.3 is 10.1 Å². The molecule has 0 aromatic heterocycles. The summed E-state index contributed by atoms with van der Waals surface area (Å²) in [5.41, 5.74) is 1.70. The van der Waals surface area contributed by atoms with Crippen LogP contribution in [0.1, 0.15) is 11.1 Å². The summed E-state index contributed by atoms with van der Waals surface area (Å²) >= 11 is 1.82. The Kier molecular flexibility index (Phi) is 5.76. The van der Waals surface area contributed by atoms with Crippen molar-refractivity contribution in [2.45, 2.75) is 6.54 Å². The van der Waals surface area contributed by atoms with Gasteiger partial charge in [-0.3, -0.25) is 0 Å². The quantitative estimate of drug-likeness (QED) is 0.768. The van der Waals surface area contributed by atoms with Crippen molar-refractivity contribution in [2.75, 3.05) is 25.7 Å². The molecule has 1 aromatic carbocycles. The molecule has 4 heteroatoms. The van der Waals surface area contributed by atoms with Gasteiger partial charge in [0.05, 0.1) is 12.7 Å². The Balaban J connectivity index is 2.58. The molecule has 0 spiro atoms. The van der Waals surface area contributed by atoms with Crippen molar-refractivity contribution in [3.63, 3.8) is 0 Å². The SMILES string of the molecule is COc1ccc(CNCCSC)cc1C#N. The Morgan fingerprint density at radius 2 is 2.31 bits per heavy atom. The van der Waals surface area contributed by atoms with Gasteiger partial charge in [0.2, 0.25) is 0 Å². The highest BCUT2D eigenvalue weighted by atomic mass is 32.2. The third-order valence-electron chi connectivity index (χ3n) is 2.20. The predicted molar refractivity (Wildman–Crippen MR) is 67.8 cm³/mol. The zero-order chi connectivity index (χ0) is 11.8. The van der Waals surface area contributed by atoms with Crippen LogP contribution in [0.3, 0.4) is 0 Å². The fourth-order valence-corrected chi connectivity index (χ4v) is 1.71. The number of benzene rings is 1. The monoisotopic (exact) mass is 236 g/mol. The van der Waals surface area contributed by atoms with Crippen LogP contribution in [-0.2, 0) is 6.54 Å². The first-order chi connectivity index (χ1) is 7.81. The van der Waals surface area contributed by atoms with Crippen LogP contribution in [-0.4, -0.2) is 25.7 Å². The maximum Gasteiger partial charge on any atom is 0.136 e. The van der Waals surface area contributed by atoms with E-state index in [2.05, 4.69) is 17.6 Å². The topological polar surface area (TPSA) is 45.0 Å². The summed E-state index contributed by atoms with van der Waals surface area (Å²) in [6.07, 6.45) is 2.09. The molecule has 0 heterocycles. The minimum absolute atomic E-state index is 0.590. The molecule has 0 saturated heterocycles. The minimum atomic E-state index is 0.590. The van der Waals surface area contributed by atoms with E-state index in [1.165, 1.54) is 0 Å². The van der Waals surface area contributed by atoms with Crippen LogP contribution >= 0.6 is 11.8 Å². The number of rotatable bonds is 6. The van der Waals surface area contributed by atoms with Crippen molar-refractivity contribution in [1.82, 2.24) is 5.32 Å².